The fourth-order valence-electron chi connectivity index (χ4n) is 3.64. The van der Waals surface area contributed by atoms with Gasteiger partial charge in [-0.15, -0.1) is 0 Å². The Morgan fingerprint density at radius 2 is 1.18 bits per heavy atom. The van der Waals surface area contributed by atoms with E-state index in [2.05, 4.69) is 0 Å². The molecule has 0 saturated carbocycles. The molecule has 0 spiro atoms. The van der Waals surface area contributed by atoms with Gasteiger partial charge in [0.2, 0.25) is 12.6 Å². The van der Waals surface area contributed by atoms with Gasteiger partial charge in [-0.25, -0.2) is 0 Å². The quantitative estimate of drug-likeness (QED) is 0.172. The summed E-state index contributed by atoms with van der Waals surface area (Å²) in [6.07, 6.45) is -14.8. The van der Waals surface area contributed by atoms with E-state index in [-0.39, 0.29) is 11.5 Å². The third kappa shape index (κ3) is 5.55. The van der Waals surface area contributed by atoms with Gasteiger partial charge in [0.15, 0.2) is 11.5 Å². The predicted octanol–water partition coefficient (Wildman–Crippen LogP) is -4.45. The van der Waals surface area contributed by atoms with Crippen molar-refractivity contribution < 1.29 is 59.8 Å². The standard InChI is InChI=1S/C20H31NO12/c21-4-3-8-1-2-9(30-19-17(28)15(26)13(24)11(6-22)32-19)10(5-8)31-20-18(29)16(27)14(25)12(7-23)33-20/h1-2,5,11-20,22-29H,3-4,6-7,21H2/t11-,12-,13-,14-,15+,16+,17-,18-,19-,20-/m1/s1. The van der Waals surface area contributed by atoms with Gasteiger partial charge in [0.1, 0.15) is 48.8 Å². The van der Waals surface area contributed by atoms with E-state index in [0.717, 1.165) is 0 Å². The second kappa shape index (κ2) is 11.2. The monoisotopic (exact) mass is 477 g/mol. The van der Waals surface area contributed by atoms with Gasteiger partial charge in [0.25, 0.3) is 0 Å². The van der Waals surface area contributed by atoms with Crippen LogP contribution in [-0.2, 0) is 15.9 Å². The third-order valence-electron chi connectivity index (χ3n) is 5.62. The van der Waals surface area contributed by atoms with Gasteiger partial charge >= 0.3 is 0 Å². The molecule has 0 aliphatic carbocycles. The second-order valence-corrected chi connectivity index (χ2v) is 7.95. The maximum absolute atomic E-state index is 10.3. The molecule has 10 N–H and O–H groups in total. The number of hydrogen-bond donors (Lipinski definition) is 9. The van der Waals surface area contributed by atoms with Crippen LogP contribution in [0.2, 0.25) is 0 Å². The lowest BCUT2D eigenvalue weighted by atomic mass is 9.99. The number of benzene rings is 1. The van der Waals surface area contributed by atoms with E-state index < -0.39 is 74.6 Å². The summed E-state index contributed by atoms with van der Waals surface area (Å²) in [6, 6.07) is 4.60. The molecule has 2 heterocycles. The van der Waals surface area contributed by atoms with E-state index in [0.29, 0.717) is 18.5 Å². The molecule has 0 amide bonds. The zero-order valence-corrected chi connectivity index (χ0v) is 17.6. The van der Waals surface area contributed by atoms with E-state index >= 15 is 0 Å². The molecule has 2 fully saturated rings. The van der Waals surface area contributed by atoms with Crippen LogP contribution in [0.3, 0.4) is 0 Å². The van der Waals surface area contributed by atoms with Crippen LogP contribution < -0.4 is 15.2 Å². The van der Waals surface area contributed by atoms with E-state index in [9.17, 15) is 40.9 Å². The molecule has 10 atom stereocenters. The summed E-state index contributed by atoms with van der Waals surface area (Å²) in [7, 11) is 0. The smallest absolute Gasteiger partial charge is 0.229 e. The van der Waals surface area contributed by atoms with Crippen LogP contribution in [0.4, 0.5) is 0 Å². The zero-order valence-electron chi connectivity index (χ0n) is 17.6. The average Bonchev–Trinajstić information content (AvgIpc) is 2.81. The average molecular weight is 477 g/mol. The summed E-state index contributed by atoms with van der Waals surface area (Å²) in [4.78, 5) is 0. The number of rotatable bonds is 8. The molecule has 0 unspecified atom stereocenters. The van der Waals surface area contributed by atoms with Crippen molar-refractivity contribution in [1.82, 2.24) is 0 Å². The van der Waals surface area contributed by atoms with Gasteiger partial charge in [-0.3, -0.25) is 0 Å². The first-order valence-corrected chi connectivity index (χ1v) is 10.5. The lowest BCUT2D eigenvalue weighted by Gasteiger charge is -2.41. The van der Waals surface area contributed by atoms with Crippen molar-refractivity contribution in [3.63, 3.8) is 0 Å². The van der Waals surface area contributed by atoms with Crippen molar-refractivity contribution in [3.8, 4) is 11.5 Å². The van der Waals surface area contributed by atoms with Crippen LogP contribution in [0.25, 0.3) is 0 Å². The Morgan fingerprint density at radius 3 is 1.64 bits per heavy atom. The van der Waals surface area contributed by atoms with Crippen molar-refractivity contribution in [2.45, 2.75) is 67.8 Å². The first-order chi connectivity index (χ1) is 15.7. The molecule has 0 aromatic heterocycles. The van der Waals surface area contributed by atoms with Crippen LogP contribution in [0, 0.1) is 0 Å². The molecule has 1 aromatic rings. The summed E-state index contributed by atoms with van der Waals surface area (Å²) in [5.74, 6) is -0.0562. The second-order valence-electron chi connectivity index (χ2n) is 7.95. The summed E-state index contributed by atoms with van der Waals surface area (Å²) in [5.41, 5.74) is 6.30. The normalized spacial score (nSPS) is 39.3. The topological polar surface area (TPSA) is 225 Å². The zero-order chi connectivity index (χ0) is 24.3. The first kappa shape index (κ1) is 26.0. The van der Waals surface area contributed by atoms with Crippen LogP contribution in [-0.4, -0.2) is 122 Å². The van der Waals surface area contributed by atoms with Crippen LogP contribution in [0.15, 0.2) is 18.2 Å². The Morgan fingerprint density at radius 1 is 0.697 bits per heavy atom. The molecule has 2 aliphatic heterocycles. The molecule has 13 nitrogen and oxygen atoms in total. The molecule has 3 rings (SSSR count). The van der Waals surface area contributed by atoms with Crippen LogP contribution >= 0.6 is 0 Å². The Bertz CT molecular complexity index is 765. The molecular weight excluding hydrogens is 446 g/mol. The molecule has 0 bridgehead atoms. The van der Waals surface area contributed by atoms with Gasteiger partial charge in [0.05, 0.1) is 13.2 Å². The molecule has 2 saturated heterocycles. The number of aliphatic hydroxyl groups excluding tert-OH is 8. The fourth-order valence-corrected chi connectivity index (χ4v) is 3.64. The Kier molecular flexibility index (Phi) is 8.82. The summed E-state index contributed by atoms with van der Waals surface area (Å²) >= 11 is 0. The largest absolute Gasteiger partial charge is 0.458 e. The lowest BCUT2D eigenvalue weighted by Crippen LogP contribution is -2.60. The summed E-state index contributed by atoms with van der Waals surface area (Å²) < 4.78 is 22.1. The Labute approximate surface area is 189 Å². The highest BCUT2D eigenvalue weighted by molar-refractivity contribution is 5.43. The summed E-state index contributed by atoms with van der Waals surface area (Å²) in [6.45, 7) is -0.979. The number of hydrogen-bond acceptors (Lipinski definition) is 13. The first-order valence-electron chi connectivity index (χ1n) is 10.5. The van der Waals surface area contributed by atoms with Gasteiger partial charge < -0.3 is 65.5 Å². The summed E-state index contributed by atoms with van der Waals surface area (Å²) in [5, 5.41) is 79.2. The van der Waals surface area contributed by atoms with Gasteiger partial charge in [-0.05, 0) is 30.7 Å². The minimum atomic E-state index is -1.68. The van der Waals surface area contributed by atoms with Gasteiger partial charge in [-0.1, -0.05) is 6.07 Å². The highest BCUT2D eigenvalue weighted by Crippen LogP contribution is 2.35. The minimum absolute atomic E-state index is 0.0257. The molecular formula is C20H31NO12. The molecule has 2 aliphatic rings. The minimum Gasteiger partial charge on any atom is -0.458 e. The highest BCUT2D eigenvalue weighted by atomic mass is 16.7. The third-order valence-corrected chi connectivity index (χ3v) is 5.62. The van der Waals surface area contributed by atoms with Crippen molar-refractivity contribution in [3.05, 3.63) is 23.8 Å². The highest BCUT2D eigenvalue weighted by Gasteiger charge is 2.46. The SMILES string of the molecule is NCCc1ccc(O[C@@H]2O[C@H](CO)[C@@H](O)[C@H](O)[C@H]2O)c(O[C@@H]2O[C@H](CO)[C@@H](O)[C@H](O)[C@H]2O)c1. The van der Waals surface area contributed by atoms with Gasteiger partial charge in [-0.2, -0.15) is 0 Å². The van der Waals surface area contributed by atoms with Gasteiger partial charge in [0, 0.05) is 0 Å². The fraction of sp³-hybridized carbons (Fsp3) is 0.700. The van der Waals surface area contributed by atoms with Crippen molar-refractivity contribution in [2.24, 2.45) is 5.73 Å². The Hall–Kier alpha value is -1.62. The van der Waals surface area contributed by atoms with Crippen molar-refractivity contribution >= 4 is 0 Å². The Balaban J connectivity index is 1.86. The van der Waals surface area contributed by atoms with Crippen LogP contribution in [0.5, 0.6) is 11.5 Å². The van der Waals surface area contributed by atoms with Crippen molar-refractivity contribution in [1.29, 1.82) is 0 Å². The molecule has 33 heavy (non-hydrogen) atoms. The number of ether oxygens (including phenoxy) is 4. The number of nitrogens with two attached hydrogens (primary N) is 1. The van der Waals surface area contributed by atoms with Crippen LogP contribution in [0.1, 0.15) is 5.56 Å². The predicted molar refractivity (Wildman–Crippen MR) is 108 cm³/mol. The van der Waals surface area contributed by atoms with E-state index in [1.165, 1.54) is 12.1 Å². The molecule has 0 radical (unpaired) electrons. The molecule has 13 heteroatoms. The van der Waals surface area contributed by atoms with E-state index in [4.69, 9.17) is 24.7 Å². The van der Waals surface area contributed by atoms with E-state index in [1.807, 2.05) is 0 Å². The lowest BCUT2D eigenvalue weighted by molar-refractivity contribution is -0.282. The van der Waals surface area contributed by atoms with Crippen molar-refractivity contribution in [2.75, 3.05) is 19.8 Å². The molecule has 1 aromatic carbocycles. The molecule has 188 valence electrons. The maximum Gasteiger partial charge on any atom is 0.229 e. The number of aliphatic hydroxyl groups is 8. The maximum atomic E-state index is 10.3. The van der Waals surface area contributed by atoms with E-state index in [1.54, 1.807) is 6.07 Å².